The van der Waals surface area contributed by atoms with Crippen molar-refractivity contribution < 1.29 is 13.2 Å². The van der Waals surface area contributed by atoms with Crippen LogP contribution in [0, 0.1) is 0 Å². The summed E-state index contributed by atoms with van der Waals surface area (Å²) in [4.78, 5) is 13.0. The van der Waals surface area contributed by atoms with Gasteiger partial charge >= 0.3 is 11.9 Å². The molecular weight excluding hydrogens is 223 g/mol. The van der Waals surface area contributed by atoms with Crippen LogP contribution in [0.3, 0.4) is 0 Å². The van der Waals surface area contributed by atoms with Gasteiger partial charge in [0.05, 0.1) is 5.56 Å². The number of hydrogen-bond acceptors (Lipinski definition) is 2. The van der Waals surface area contributed by atoms with Gasteiger partial charge in [0.25, 0.3) is 0 Å². The number of halogens is 3. The summed E-state index contributed by atoms with van der Waals surface area (Å²) < 4.78 is 37.2. The van der Waals surface area contributed by atoms with Crippen LogP contribution in [-0.2, 0) is 6.18 Å². The Morgan fingerprint density at radius 2 is 2.00 bits per heavy atom. The number of hydrogen-bond donors (Lipinski definition) is 2. The minimum atomic E-state index is -4.41. The standard InChI is InChI=1S/C9H6F3N3O/c10-9(11,12)6-3-1-2-5(4-6)7-13-8(16)15-14-7/h1-4H,(H2,13,14,15,16). The molecule has 1 heterocycles. The van der Waals surface area contributed by atoms with Crippen molar-refractivity contribution >= 4 is 0 Å². The van der Waals surface area contributed by atoms with Gasteiger partial charge in [-0.3, -0.25) is 4.98 Å². The van der Waals surface area contributed by atoms with E-state index in [9.17, 15) is 18.0 Å². The first-order valence-corrected chi connectivity index (χ1v) is 4.29. The highest BCUT2D eigenvalue weighted by molar-refractivity contribution is 5.55. The fraction of sp³-hybridized carbons (Fsp3) is 0.111. The van der Waals surface area contributed by atoms with E-state index in [-0.39, 0.29) is 11.4 Å². The second-order valence-electron chi connectivity index (χ2n) is 3.10. The number of aromatic nitrogens is 3. The minimum Gasteiger partial charge on any atom is -0.289 e. The maximum Gasteiger partial charge on any atom is 0.416 e. The molecule has 0 atom stereocenters. The smallest absolute Gasteiger partial charge is 0.289 e. The number of alkyl halides is 3. The summed E-state index contributed by atoms with van der Waals surface area (Å²) >= 11 is 0. The molecule has 0 aliphatic carbocycles. The normalized spacial score (nSPS) is 11.7. The third-order valence-corrected chi connectivity index (χ3v) is 1.96. The van der Waals surface area contributed by atoms with Crippen molar-refractivity contribution in [3.63, 3.8) is 0 Å². The van der Waals surface area contributed by atoms with Crippen molar-refractivity contribution in [2.45, 2.75) is 6.18 Å². The van der Waals surface area contributed by atoms with Gasteiger partial charge in [-0.25, -0.2) is 9.89 Å². The summed E-state index contributed by atoms with van der Waals surface area (Å²) in [5.41, 5.74) is -1.14. The molecule has 4 nitrogen and oxygen atoms in total. The average Bonchev–Trinajstić information content (AvgIpc) is 2.64. The molecule has 0 saturated carbocycles. The Kier molecular flexibility index (Phi) is 2.30. The second kappa shape index (κ2) is 3.51. The van der Waals surface area contributed by atoms with Crippen LogP contribution >= 0.6 is 0 Å². The first-order chi connectivity index (χ1) is 7.47. The monoisotopic (exact) mass is 229 g/mol. The Balaban J connectivity index is 2.48. The molecular formula is C9H6F3N3O. The van der Waals surface area contributed by atoms with Gasteiger partial charge in [0.15, 0.2) is 5.82 Å². The lowest BCUT2D eigenvalue weighted by Gasteiger charge is -2.06. The maximum atomic E-state index is 12.4. The molecule has 0 radical (unpaired) electrons. The first-order valence-electron chi connectivity index (χ1n) is 4.29. The predicted molar refractivity (Wildman–Crippen MR) is 49.6 cm³/mol. The number of aromatic amines is 2. The third kappa shape index (κ3) is 1.97. The molecule has 0 unspecified atom stereocenters. The zero-order valence-electron chi connectivity index (χ0n) is 7.80. The SMILES string of the molecule is O=c1[nH]nc(-c2cccc(C(F)(F)F)c2)[nH]1. The first kappa shape index (κ1) is 10.5. The van der Waals surface area contributed by atoms with Crippen molar-refractivity contribution in [1.82, 2.24) is 15.2 Å². The minimum absolute atomic E-state index is 0.0797. The molecule has 2 rings (SSSR count). The third-order valence-electron chi connectivity index (χ3n) is 1.96. The van der Waals surface area contributed by atoms with E-state index in [1.807, 2.05) is 0 Å². The molecule has 1 aromatic carbocycles. The van der Waals surface area contributed by atoms with Crippen molar-refractivity contribution in [3.05, 3.63) is 40.3 Å². The summed E-state index contributed by atoms with van der Waals surface area (Å²) in [5, 5.41) is 5.63. The summed E-state index contributed by atoms with van der Waals surface area (Å²) in [5.74, 6) is 0.0797. The molecule has 0 spiro atoms. The fourth-order valence-electron chi connectivity index (χ4n) is 1.25. The van der Waals surface area contributed by atoms with E-state index in [0.717, 1.165) is 12.1 Å². The summed E-state index contributed by atoms with van der Waals surface area (Å²) in [7, 11) is 0. The van der Waals surface area contributed by atoms with Crippen LogP contribution in [0.4, 0.5) is 13.2 Å². The Morgan fingerprint density at radius 1 is 1.25 bits per heavy atom. The second-order valence-corrected chi connectivity index (χ2v) is 3.10. The largest absolute Gasteiger partial charge is 0.416 e. The molecule has 84 valence electrons. The quantitative estimate of drug-likeness (QED) is 0.782. The van der Waals surface area contributed by atoms with Crippen LogP contribution in [0.15, 0.2) is 29.1 Å². The Bertz CT molecular complexity index is 555. The molecule has 16 heavy (non-hydrogen) atoms. The summed E-state index contributed by atoms with van der Waals surface area (Å²) in [6, 6.07) is 4.56. The van der Waals surface area contributed by atoms with E-state index in [0.29, 0.717) is 0 Å². The molecule has 0 fully saturated rings. The maximum absolute atomic E-state index is 12.4. The highest BCUT2D eigenvalue weighted by Gasteiger charge is 2.30. The number of rotatable bonds is 1. The lowest BCUT2D eigenvalue weighted by Crippen LogP contribution is -2.04. The Morgan fingerprint density at radius 3 is 2.56 bits per heavy atom. The highest BCUT2D eigenvalue weighted by atomic mass is 19.4. The molecule has 0 saturated heterocycles. The average molecular weight is 229 g/mol. The van der Waals surface area contributed by atoms with Crippen molar-refractivity contribution in [2.75, 3.05) is 0 Å². The predicted octanol–water partition coefficient (Wildman–Crippen LogP) is 1.78. The van der Waals surface area contributed by atoms with Crippen LogP contribution in [0.1, 0.15) is 5.56 Å². The van der Waals surface area contributed by atoms with Gasteiger partial charge in [0.1, 0.15) is 0 Å². The molecule has 1 aromatic heterocycles. The van der Waals surface area contributed by atoms with Gasteiger partial charge in [-0.2, -0.15) is 18.3 Å². The van der Waals surface area contributed by atoms with Crippen molar-refractivity contribution in [1.29, 1.82) is 0 Å². The van der Waals surface area contributed by atoms with E-state index >= 15 is 0 Å². The van der Waals surface area contributed by atoms with E-state index < -0.39 is 17.4 Å². The van der Waals surface area contributed by atoms with Gasteiger partial charge in [0, 0.05) is 5.56 Å². The van der Waals surface area contributed by atoms with Gasteiger partial charge in [-0.15, -0.1) is 0 Å². The van der Waals surface area contributed by atoms with Gasteiger partial charge in [0.2, 0.25) is 0 Å². The zero-order valence-corrected chi connectivity index (χ0v) is 7.80. The van der Waals surface area contributed by atoms with Crippen LogP contribution < -0.4 is 5.69 Å². The lowest BCUT2D eigenvalue weighted by atomic mass is 10.1. The van der Waals surface area contributed by atoms with Crippen LogP contribution in [-0.4, -0.2) is 15.2 Å². The van der Waals surface area contributed by atoms with Crippen LogP contribution in [0.5, 0.6) is 0 Å². The fourth-order valence-corrected chi connectivity index (χ4v) is 1.25. The van der Waals surface area contributed by atoms with Crippen molar-refractivity contribution in [3.8, 4) is 11.4 Å². The number of benzene rings is 1. The number of nitrogens with zero attached hydrogens (tertiary/aromatic N) is 1. The number of nitrogens with one attached hydrogen (secondary N) is 2. The van der Waals surface area contributed by atoms with Gasteiger partial charge in [-0.1, -0.05) is 12.1 Å². The van der Waals surface area contributed by atoms with Crippen LogP contribution in [0.25, 0.3) is 11.4 Å². The Labute approximate surface area is 87.1 Å². The van der Waals surface area contributed by atoms with E-state index in [4.69, 9.17) is 0 Å². The molecule has 0 bridgehead atoms. The zero-order chi connectivity index (χ0) is 11.8. The van der Waals surface area contributed by atoms with Gasteiger partial charge in [-0.05, 0) is 12.1 Å². The summed E-state index contributed by atoms with van der Waals surface area (Å²) in [6.07, 6.45) is -4.41. The molecule has 2 N–H and O–H groups in total. The molecule has 0 aliphatic heterocycles. The van der Waals surface area contributed by atoms with E-state index in [2.05, 4.69) is 15.2 Å². The van der Waals surface area contributed by atoms with Gasteiger partial charge < -0.3 is 0 Å². The molecule has 0 amide bonds. The van der Waals surface area contributed by atoms with Crippen LogP contribution in [0.2, 0.25) is 0 Å². The topological polar surface area (TPSA) is 61.5 Å². The van der Waals surface area contributed by atoms with E-state index in [1.54, 1.807) is 0 Å². The molecule has 2 aromatic rings. The van der Waals surface area contributed by atoms with E-state index in [1.165, 1.54) is 12.1 Å². The highest BCUT2D eigenvalue weighted by Crippen LogP contribution is 2.30. The molecule has 7 heteroatoms. The van der Waals surface area contributed by atoms with Crippen molar-refractivity contribution in [2.24, 2.45) is 0 Å². The lowest BCUT2D eigenvalue weighted by molar-refractivity contribution is -0.137. The Hall–Kier alpha value is -2.05. The summed E-state index contributed by atoms with van der Waals surface area (Å²) in [6.45, 7) is 0. The number of H-pyrrole nitrogens is 2. The molecule has 0 aliphatic rings.